The Hall–Kier alpha value is -1.45. The summed E-state index contributed by atoms with van der Waals surface area (Å²) in [5.41, 5.74) is 6.39. The van der Waals surface area contributed by atoms with Gasteiger partial charge in [0.15, 0.2) is 0 Å². The second-order valence-corrected chi connectivity index (χ2v) is 5.14. The zero-order valence-electron chi connectivity index (χ0n) is 15.2. The molecule has 0 aliphatic heterocycles. The van der Waals surface area contributed by atoms with Crippen LogP contribution in [-0.4, -0.2) is 79.4 Å². The number of alkyl halides is 1. The number of rotatable bonds is 18. The van der Waals surface area contributed by atoms with Crippen LogP contribution < -0.4 is 10.5 Å². The molecule has 1 aromatic rings. The summed E-state index contributed by atoms with van der Waals surface area (Å²) in [6.07, 6.45) is 0. The summed E-state index contributed by atoms with van der Waals surface area (Å²) in [4.78, 5) is 0. The van der Waals surface area contributed by atoms with Crippen LogP contribution in [0.15, 0.2) is 24.3 Å². The number of benzene rings is 1. The first-order valence-corrected chi connectivity index (χ1v) is 8.76. The zero-order chi connectivity index (χ0) is 18.7. The molecule has 0 spiro atoms. The Morgan fingerprint density at radius 1 is 0.615 bits per heavy atom. The molecule has 0 unspecified atom stereocenters. The van der Waals surface area contributed by atoms with Crippen LogP contribution in [0.4, 0.5) is 10.1 Å². The largest absolute Gasteiger partial charge is 0.489 e. The number of anilines is 1. The molecule has 0 saturated heterocycles. The van der Waals surface area contributed by atoms with Crippen LogP contribution in [0.25, 0.3) is 0 Å². The van der Waals surface area contributed by atoms with E-state index in [1.165, 1.54) is 0 Å². The Kier molecular flexibility index (Phi) is 14.8. The van der Waals surface area contributed by atoms with Crippen molar-refractivity contribution < 1.29 is 32.8 Å². The summed E-state index contributed by atoms with van der Waals surface area (Å²) in [6, 6.07) is 7.35. The van der Waals surface area contributed by atoms with E-state index < -0.39 is 6.67 Å². The summed E-state index contributed by atoms with van der Waals surface area (Å²) in [6.45, 7) is 4.37. The molecule has 0 aromatic heterocycles. The summed E-state index contributed by atoms with van der Waals surface area (Å²) >= 11 is 0. The molecule has 7 nitrogen and oxygen atoms in total. The van der Waals surface area contributed by atoms with Crippen molar-refractivity contribution in [3.05, 3.63) is 24.3 Å². The molecule has 0 bridgehead atoms. The number of ether oxygens (including phenoxy) is 6. The molecule has 0 aliphatic carbocycles. The molecule has 0 amide bonds. The lowest BCUT2D eigenvalue weighted by Crippen LogP contribution is -2.14. The van der Waals surface area contributed by atoms with E-state index in [9.17, 15) is 4.39 Å². The molecule has 2 N–H and O–H groups in total. The van der Waals surface area contributed by atoms with Gasteiger partial charge in [-0.1, -0.05) is 12.1 Å². The van der Waals surface area contributed by atoms with Crippen LogP contribution in [0.2, 0.25) is 0 Å². The van der Waals surface area contributed by atoms with Gasteiger partial charge in [0.2, 0.25) is 0 Å². The van der Waals surface area contributed by atoms with Gasteiger partial charge in [-0.3, -0.25) is 0 Å². The molecule has 0 fully saturated rings. The third-order valence-electron chi connectivity index (χ3n) is 3.11. The van der Waals surface area contributed by atoms with E-state index in [4.69, 9.17) is 34.2 Å². The minimum atomic E-state index is -0.468. The molecule has 26 heavy (non-hydrogen) atoms. The second-order valence-electron chi connectivity index (χ2n) is 5.14. The van der Waals surface area contributed by atoms with E-state index in [-0.39, 0.29) is 6.61 Å². The highest BCUT2D eigenvalue weighted by molar-refractivity contribution is 5.51. The van der Waals surface area contributed by atoms with Crippen LogP contribution >= 0.6 is 0 Å². The molecule has 0 radical (unpaired) electrons. The van der Waals surface area contributed by atoms with Crippen LogP contribution in [0, 0.1) is 0 Å². The normalized spacial score (nSPS) is 11.0. The number of hydrogen-bond donors (Lipinski definition) is 1. The highest BCUT2D eigenvalue weighted by Gasteiger charge is 1.98. The van der Waals surface area contributed by atoms with Crippen molar-refractivity contribution in [3.63, 3.8) is 0 Å². The lowest BCUT2D eigenvalue weighted by atomic mass is 10.3. The average Bonchev–Trinajstić information content (AvgIpc) is 2.65. The third kappa shape index (κ3) is 12.8. The van der Waals surface area contributed by atoms with Crippen molar-refractivity contribution in [1.82, 2.24) is 0 Å². The molecular weight excluding hydrogens is 345 g/mol. The first-order chi connectivity index (χ1) is 12.8. The van der Waals surface area contributed by atoms with Crippen molar-refractivity contribution in [2.24, 2.45) is 0 Å². The van der Waals surface area contributed by atoms with Gasteiger partial charge in [0.25, 0.3) is 0 Å². The maximum absolute atomic E-state index is 11.7. The molecule has 0 heterocycles. The zero-order valence-corrected chi connectivity index (χ0v) is 15.2. The molecule has 0 atom stereocenters. The number of para-hydroxylation sites is 2. The topological polar surface area (TPSA) is 81.4 Å². The number of halogens is 1. The number of nitrogen functional groups attached to an aromatic ring is 1. The van der Waals surface area contributed by atoms with Gasteiger partial charge < -0.3 is 34.2 Å². The van der Waals surface area contributed by atoms with Gasteiger partial charge >= 0.3 is 0 Å². The molecule has 0 saturated carbocycles. The minimum absolute atomic E-state index is 0.121. The van der Waals surface area contributed by atoms with E-state index in [0.29, 0.717) is 77.5 Å². The summed E-state index contributed by atoms with van der Waals surface area (Å²) < 4.78 is 43.6. The standard InChI is InChI=1S/C18H30FNO6/c19-5-6-21-7-8-22-9-10-23-11-12-24-13-14-25-15-16-26-18-4-2-1-3-17(18)20/h1-4H,5-16,20H2. The van der Waals surface area contributed by atoms with Crippen molar-refractivity contribution in [2.75, 3.05) is 85.1 Å². The lowest BCUT2D eigenvalue weighted by molar-refractivity contribution is -0.0132. The van der Waals surface area contributed by atoms with Crippen molar-refractivity contribution in [3.8, 4) is 5.75 Å². The van der Waals surface area contributed by atoms with Crippen molar-refractivity contribution in [1.29, 1.82) is 0 Å². The molecule has 0 aliphatic rings. The van der Waals surface area contributed by atoms with E-state index in [0.717, 1.165) is 0 Å². The third-order valence-corrected chi connectivity index (χ3v) is 3.11. The van der Waals surface area contributed by atoms with Crippen LogP contribution in [0.1, 0.15) is 0 Å². The summed E-state index contributed by atoms with van der Waals surface area (Å²) in [5, 5.41) is 0. The van der Waals surface area contributed by atoms with E-state index in [1.807, 2.05) is 18.2 Å². The van der Waals surface area contributed by atoms with E-state index in [1.54, 1.807) is 6.07 Å². The van der Waals surface area contributed by atoms with Crippen molar-refractivity contribution in [2.45, 2.75) is 0 Å². The number of nitrogens with two attached hydrogens (primary N) is 1. The number of hydrogen-bond acceptors (Lipinski definition) is 7. The smallest absolute Gasteiger partial charge is 0.142 e. The Balaban J connectivity index is 1.74. The maximum Gasteiger partial charge on any atom is 0.142 e. The highest BCUT2D eigenvalue weighted by atomic mass is 19.1. The van der Waals surface area contributed by atoms with Gasteiger partial charge in [0.1, 0.15) is 19.0 Å². The minimum Gasteiger partial charge on any atom is -0.489 e. The predicted molar refractivity (Wildman–Crippen MR) is 96.4 cm³/mol. The van der Waals surface area contributed by atoms with Crippen LogP contribution in [0.3, 0.4) is 0 Å². The SMILES string of the molecule is Nc1ccccc1OCCOCCOCCOCCOCCOCCF. The average molecular weight is 375 g/mol. The fourth-order valence-electron chi connectivity index (χ4n) is 1.86. The van der Waals surface area contributed by atoms with Crippen LogP contribution in [0.5, 0.6) is 5.75 Å². The monoisotopic (exact) mass is 375 g/mol. The Morgan fingerprint density at radius 3 is 1.50 bits per heavy atom. The fraction of sp³-hybridized carbons (Fsp3) is 0.667. The predicted octanol–water partition coefficient (Wildman–Crippen LogP) is 1.70. The maximum atomic E-state index is 11.7. The molecule has 150 valence electrons. The van der Waals surface area contributed by atoms with E-state index >= 15 is 0 Å². The Bertz CT molecular complexity index is 438. The van der Waals surface area contributed by atoms with Crippen LogP contribution in [-0.2, 0) is 23.7 Å². The van der Waals surface area contributed by atoms with Gasteiger partial charge in [-0.05, 0) is 12.1 Å². The second kappa shape index (κ2) is 17.0. The van der Waals surface area contributed by atoms with Gasteiger partial charge in [-0.25, -0.2) is 4.39 Å². The van der Waals surface area contributed by atoms with Gasteiger partial charge in [-0.15, -0.1) is 0 Å². The molecule has 1 aromatic carbocycles. The highest BCUT2D eigenvalue weighted by Crippen LogP contribution is 2.19. The first kappa shape index (κ1) is 22.6. The Morgan fingerprint density at radius 2 is 1.04 bits per heavy atom. The van der Waals surface area contributed by atoms with E-state index in [2.05, 4.69) is 0 Å². The fourth-order valence-corrected chi connectivity index (χ4v) is 1.86. The van der Waals surface area contributed by atoms with Gasteiger partial charge in [-0.2, -0.15) is 0 Å². The summed E-state index contributed by atoms with van der Waals surface area (Å²) in [5.74, 6) is 0.667. The van der Waals surface area contributed by atoms with Gasteiger partial charge in [0, 0.05) is 0 Å². The van der Waals surface area contributed by atoms with Crippen molar-refractivity contribution >= 4 is 5.69 Å². The van der Waals surface area contributed by atoms with Gasteiger partial charge in [0.05, 0.1) is 71.8 Å². The molecular formula is C18H30FNO6. The summed E-state index contributed by atoms with van der Waals surface area (Å²) in [7, 11) is 0. The Labute approximate surface area is 154 Å². The lowest BCUT2D eigenvalue weighted by Gasteiger charge is -2.09. The first-order valence-electron chi connectivity index (χ1n) is 8.76. The quantitative estimate of drug-likeness (QED) is 0.309. The molecule has 8 heteroatoms. The molecule has 1 rings (SSSR count).